The second-order valence-electron chi connectivity index (χ2n) is 3.97. The SMILES string of the molecule is CCCc1nc(-c2cc(Br)ccc2Cl)nc(Cl)c1I. The summed E-state index contributed by atoms with van der Waals surface area (Å²) in [4.78, 5) is 8.92. The Labute approximate surface area is 144 Å². The zero-order valence-corrected chi connectivity index (χ0v) is 15.3. The van der Waals surface area contributed by atoms with E-state index >= 15 is 0 Å². The highest BCUT2D eigenvalue weighted by Crippen LogP contribution is 2.31. The molecule has 0 N–H and O–H groups in total. The van der Waals surface area contributed by atoms with Gasteiger partial charge in [0, 0.05) is 10.0 Å². The summed E-state index contributed by atoms with van der Waals surface area (Å²) in [6.07, 6.45) is 1.88. The number of hydrogen-bond acceptors (Lipinski definition) is 2. The highest BCUT2D eigenvalue weighted by molar-refractivity contribution is 14.1. The molecule has 0 aliphatic heterocycles. The van der Waals surface area contributed by atoms with Gasteiger partial charge in [0.2, 0.25) is 0 Å². The number of aromatic nitrogens is 2. The smallest absolute Gasteiger partial charge is 0.162 e. The number of halogens is 4. The Bertz CT molecular complexity index is 620. The standard InChI is InChI=1S/C13H10BrCl2IN2/c1-2-3-10-11(17)12(16)19-13(18-10)8-6-7(14)4-5-9(8)15/h4-6H,2-3H2,1H3. The molecule has 0 saturated carbocycles. The molecule has 19 heavy (non-hydrogen) atoms. The normalized spacial score (nSPS) is 10.8. The van der Waals surface area contributed by atoms with E-state index in [4.69, 9.17) is 23.2 Å². The molecule has 1 heterocycles. The van der Waals surface area contributed by atoms with Crippen molar-refractivity contribution in [1.29, 1.82) is 0 Å². The number of hydrogen-bond donors (Lipinski definition) is 0. The van der Waals surface area contributed by atoms with Crippen LogP contribution in [0.5, 0.6) is 0 Å². The number of rotatable bonds is 3. The Balaban J connectivity index is 2.59. The average Bonchev–Trinajstić information content (AvgIpc) is 2.38. The minimum atomic E-state index is 0.477. The molecule has 100 valence electrons. The second-order valence-corrected chi connectivity index (χ2v) is 6.73. The molecule has 1 aromatic heterocycles. The fourth-order valence-corrected chi connectivity index (χ4v) is 2.92. The Morgan fingerprint density at radius 1 is 1.26 bits per heavy atom. The first-order valence-corrected chi connectivity index (χ1v) is 8.33. The van der Waals surface area contributed by atoms with Crippen molar-refractivity contribution in [3.05, 3.63) is 42.1 Å². The Morgan fingerprint density at radius 3 is 2.68 bits per heavy atom. The van der Waals surface area contributed by atoms with Crippen LogP contribution in [0, 0.1) is 3.57 Å². The summed E-state index contributed by atoms with van der Waals surface area (Å²) in [7, 11) is 0. The number of benzene rings is 1. The van der Waals surface area contributed by atoms with Crippen molar-refractivity contribution in [3.63, 3.8) is 0 Å². The van der Waals surface area contributed by atoms with E-state index in [0.29, 0.717) is 16.0 Å². The van der Waals surface area contributed by atoms with Crippen molar-refractivity contribution >= 4 is 61.7 Å². The third-order valence-corrected chi connectivity index (χ3v) is 5.08. The van der Waals surface area contributed by atoms with Crippen LogP contribution in [-0.4, -0.2) is 9.97 Å². The lowest BCUT2D eigenvalue weighted by molar-refractivity contribution is 0.867. The van der Waals surface area contributed by atoms with Crippen molar-refractivity contribution in [3.8, 4) is 11.4 Å². The van der Waals surface area contributed by atoms with Gasteiger partial charge < -0.3 is 0 Å². The molecule has 6 heteroatoms. The first kappa shape index (κ1) is 15.5. The van der Waals surface area contributed by atoms with E-state index in [2.05, 4.69) is 55.4 Å². The van der Waals surface area contributed by atoms with Gasteiger partial charge in [-0.15, -0.1) is 0 Å². The molecule has 0 atom stereocenters. The van der Waals surface area contributed by atoms with Gasteiger partial charge in [-0.05, 0) is 47.2 Å². The van der Waals surface area contributed by atoms with E-state index in [9.17, 15) is 0 Å². The number of nitrogens with zero attached hydrogens (tertiary/aromatic N) is 2. The summed E-state index contributed by atoms with van der Waals surface area (Å²) in [6.45, 7) is 2.11. The quantitative estimate of drug-likeness (QED) is 0.419. The molecule has 0 saturated heterocycles. The van der Waals surface area contributed by atoms with E-state index in [-0.39, 0.29) is 0 Å². The Hall–Kier alpha value is 0.0900. The minimum absolute atomic E-state index is 0.477. The Morgan fingerprint density at radius 2 is 2.00 bits per heavy atom. The molecule has 2 rings (SSSR count). The first-order valence-electron chi connectivity index (χ1n) is 5.70. The van der Waals surface area contributed by atoms with Crippen LogP contribution in [0.25, 0.3) is 11.4 Å². The molecular weight excluding hydrogens is 462 g/mol. The Kier molecular flexibility index (Phi) is 5.45. The third-order valence-electron chi connectivity index (χ3n) is 2.54. The molecule has 0 radical (unpaired) electrons. The summed E-state index contributed by atoms with van der Waals surface area (Å²) >= 11 is 18.0. The van der Waals surface area contributed by atoms with E-state index in [1.807, 2.05) is 18.2 Å². The monoisotopic (exact) mass is 470 g/mol. The zero-order chi connectivity index (χ0) is 14.0. The van der Waals surface area contributed by atoms with Crippen molar-refractivity contribution in [1.82, 2.24) is 9.97 Å². The molecule has 1 aromatic carbocycles. The lowest BCUT2D eigenvalue weighted by Gasteiger charge is -2.09. The lowest BCUT2D eigenvalue weighted by Crippen LogP contribution is -2.01. The minimum Gasteiger partial charge on any atom is -0.232 e. The van der Waals surface area contributed by atoms with E-state index in [1.54, 1.807) is 0 Å². The molecule has 0 unspecified atom stereocenters. The summed E-state index contributed by atoms with van der Waals surface area (Å²) in [5, 5.41) is 1.09. The van der Waals surface area contributed by atoms with Crippen LogP contribution in [0.4, 0.5) is 0 Å². The number of aryl methyl sites for hydroxylation is 1. The van der Waals surface area contributed by atoms with Gasteiger partial charge in [0.05, 0.1) is 14.3 Å². The first-order chi connectivity index (χ1) is 9.02. The van der Waals surface area contributed by atoms with Gasteiger partial charge in [-0.2, -0.15) is 0 Å². The highest BCUT2D eigenvalue weighted by Gasteiger charge is 2.14. The molecule has 0 fully saturated rings. The van der Waals surface area contributed by atoms with Gasteiger partial charge in [-0.3, -0.25) is 0 Å². The van der Waals surface area contributed by atoms with Crippen LogP contribution in [0.1, 0.15) is 19.0 Å². The van der Waals surface area contributed by atoms with Crippen molar-refractivity contribution in [2.24, 2.45) is 0 Å². The van der Waals surface area contributed by atoms with Gasteiger partial charge in [0.1, 0.15) is 5.15 Å². The van der Waals surface area contributed by atoms with Gasteiger partial charge in [-0.25, -0.2) is 9.97 Å². The fourth-order valence-electron chi connectivity index (χ4n) is 1.65. The molecule has 0 aliphatic rings. The van der Waals surface area contributed by atoms with Crippen LogP contribution in [0.2, 0.25) is 10.2 Å². The fraction of sp³-hybridized carbons (Fsp3) is 0.231. The van der Waals surface area contributed by atoms with Crippen LogP contribution < -0.4 is 0 Å². The summed E-state index contributed by atoms with van der Waals surface area (Å²) in [6, 6.07) is 5.60. The molecule has 0 amide bonds. The van der Waals surface area contributed by atoms with Crippen LogP contribution in [0.15, 0.2) is 22.7 Å². The van der Waals surface area contributed by atoms with Crippen LogP contribution in [0.3, 0.4) is 0 Å². The van der Waals surface area contributed by atoms with Gasteiger partial charge >= 0.3 is 0 Å². The van der Waals surface area contributed by atoms with Gasteiger partial charge in [0.25, 0.3) is 0 Å². The molecule has 0 bridgehead atoms. The highest BCUT2D eigenvalue weighted by atomic mass is 127. The van der Waals surface area contributed by atoms with Gasteiger partial charge in [-0.1, -0.05) is 52.5 Å². The van der Waals surface area contributed by atoms with Crippen LogP contribution >= 0.6 is 61.7 Å². The van der Waals surface area contributed by atoms with Crippen molar-refractivity contribution in [2.45, 2.75) is 19.8 Å². The third kappa shape index (κ3) is 3.60. The van der Waals surface area contributed by atoms with E-state index < -0.39 is 0 Å². The average molecular weight is 472 g/mol. The van der Waals surface area contributed by atoms with E-state index in [1.165, 1.54) is 0 Å². The summed E-state index contributed by atoms with van der Waals surface area (Å²) < 4.78 is 1.85. The second kappa shape index (κ2) is 6.70. The largest absolute Gasteiger partial charge is 0.232 e. The summed E-state index contributed by atoms with van der Waals surface area (Å²) in [5.41, 5.74) is 1.75. The maximum absolute atomic E-state index is 6.21. The molecular formula is C13H10BrCl2IN2. The van der Waals surface area contributed by atoms with Crippen LogP contribution in [-0.2, 0) is 6.42 Å². The summed E-state index contributed by atoms with van der Waals surface area (Å²) in [5.74, 6) is 0.570. The molecule has 0 spiro atoms. The topological polar surface area (TPSA) is 25.8 Å². The van der Waals surface area contributed by atoms with E-state index in [0.717, 1.165) is 32.1 Å². The maximum Gasteiger partial charge on any atom is 0.162 e. The lowest BCUT2D eigenvalue weighted by atomic mass is 10.2. The maximum atomic E-state index is 6.21. The predicted molar refractivity (Wildman–Crippen MR) is 91.9 cm³/mol. The zero-order valence-electron chi connectivity index (χ0n) is 10.1. The van der Waals surface area contributed by atoms with Crippen molar-refractivity contribution < 1.29 is 0 Å². The van der Waals surface area contributed by atoms with Crippen molar-refractivity contribution in [2.75, 3.05) is 0 Å². The molecule has 2 aromatic rings. The molecule has 0 aliphatic carbocycles. The predicted octanol–water partition coefficient (Wildman–Crippen LogP) is 5.77. The molecule has 2 nitrogen and oxygen atoms in total. The van der Waals surface area contributed by atoms with Gasteiger partial charge in [0.15, 0.2) is 5.82 Å².